The molecule has 38 heavy (non-hydrogen) atoms. The number of halogens is 1. The summed E-state index contributed by atoms with van der Waals surface area (Å²) in [5.41, 5.74) is 8.42. The highest BCUT2D eigenvalue weighted by Crippen LogP contribution is 2.42. The molecular weight excluding hydrogens is 532 g/mol. The van der Waals surface area contributed by atoms with Gasteiger partial charge in [-0.25, -0.2) is 4.68 Å². The highest BCUT2D eigenvalue weighted by molar-refractivity contribution is 9.08. The van der Waals surface area contributed by atoms with Crippen molar-refractivity contribution in [1.29, 1.82) is 0 Å². The average molecular weight is 557 g/mol. The molecule has 1 heterocycles. The van der Waals surface area contributed by atoms with E-state index >= 15 is 0 Å². The van der Waals surface area contributed by atoms with E-state index in [-0.39, 0.29) is 0 Å². The van der Waals surface area contributed by atoms with Crippen molar-refractivity contribution >= 4 is 15.9 Å². The van der Waals surface area contributed by atoms with Crippen LogP contribution in [0.25, 0.3) is 22.3 Å². The van der Waals surface area contributed by atoms with Gasteiger partial charge in [-0.05, 0) is 61.0 Å². The van der Waals surface area contributed by atoms with E-state index < -0.39 is 5.54 Å². The van der Waals surface area contributed by atoms with E-state index in [1.165, 1.54) is 22.3 Å². The van der Waals surface area contributed by atoms with Gasteiger partial charge in [0.05, 0.1) is 0 Å². The zero-order valence-corrected chi connectivity index (χ0v) is 22.2. The summed E-state index contributed by atoms with van der Waals surface area (Å²) in [6, 6.07) is 46.9. The quantitative estimate of drug-likeness (QED) is 0.149. The van der Waals surface area contributed by atoms with Gasteiger partial charge in [-0.3, -0.25) is 0 Å². The standard InChI is InChI=1S/C33H25BrN4/c34-23-25-18-20-26(21-19-25)31-16-7-8-17-32(31)27-10-9-15-30(22-27)33(38-24-35-36-37-38,28-11-3-1-4-12-28)29-13-5-2-6-14-29/h1-22,24H,23H2. The van der Waals surface area contributed by atoms with Crippen LogP contribution in [0.2, 0.25) is 0 Å². The van der Waals surface area contributed by atoms with Crippen molar-refractivity contribution in [1.82, 2.24) is 20.2 Å². The Kier molecular flexibility index (Phi) is 6.67. The van der Waals surface area contributed by atoms with E-state index in [1.54, 1.807) is 6.33 Å². The smallest absolute Gasteiger partial charge is 0.141 e. The van der Waals surface area contributed by atoms with Crippen molar-refractivity contribution in [2.45, 2.75) is 10.9 Å². The summed E-state index contributed by atoms with van der Waals surface area (Å²) in [6.45, 7) is 0. The Bertz CT molecular complexity index is 1590. The Balaban J connectivity index is 1.59. The molecule has 0 saturated heterocycles. The van der Waals surface area contributed by atoms with E-state index in [0.717, 1.165) is 27.6 Å². The Morgan fingerprint density at radius 2 is 1.16 bits per heavy atom. The van der Waals surface area contributed by atoms with Crippen molar-refractivity contribution < 1.29 is 0 Å². The molecule has 0 aliphatic heterocycles. The monoisotopic (exact) mass is 556 g/mol. The third kappa shape index (κ3) is 4.25. The molecule has 0 aliphatic rings. The molecule has 4 nitrogen and oxygen atoms in total. The minimum atomic E-state index is -0.755. The number of hydrogen-bond donors (Lipinski definition) is 0. The third-order valence-electron chi connectivity index (χ3n) is 7.01. The molecule has 0 N–H and O–H groups in total. The van der Waals surface area contributed by atoms with Crippen LogP contribution in [0, 0.1) is 0 Å². The highest BCUT2D eigenvalue weighted by Gasteiger charge is 2.40. The minimum absolute atomic E-state index is 0.755. The van der Waals surface area contributed by atoms with Gasteiger partial charge < -0.3 is 0 Å². The highest BCUT2D eigenvalue weighted by atomic mass is 79.9. The van der Waals surface area contributed by atoms with E-state index in [0.29, 0.717) is 0 Å². The van der Waals surface area contributed by atoms with Gasteiger partial charge in [0.2, 0.25) is 0 Å². The second-order valence-electron chi connectivity index (χ2n) is 9.15. The molecule has 184 valence electrons. The van der Waals surface area contributed by atoms with E-state index in [1.807, 2.05) is 16.8 Å². The number of alkyl halides is 1. The van der Waals surface area contributed by atoms with Gasteiger partial charge in [0, 0.05) is 5.33 Å². The van der Waals surface area contributed by atoms with Gasteiger partial charge in [0.25, 0.3) is 0 Å². The van der Waals surface area contributed by atoms with Crippen LogP contribution < -0.4 is 0 Å². The van der Waals surface area contributed by atoms with Crippen LogP contribution in [0.4, 0.5) is 0 Å². The summed E-state index contributed by atoms with van der Waals surface area (Å²) < 4.78 is 1.86. The third-order valence-corrected chi connectivity index (χ3v) is 7.66. The first-order valence-electron chi connectivity index (χ1n) is 12.5. The lowest BCUT2D eigenvalue weighted by atomic mass is 9.76. The number of tetrazole rings is 1. The molecule has 6 aromatic rings. The first kappa shape index (κ1) is 24.0. The average Bonchev–Trinajstić information content (AvgIpc) is 3.54. The molecule has 1 aromatic heterocycles. The molecule has 5 heteroatoms. The molecule has 0 radical (unpaired) electrons. The molecule has 6 rings (SSSR count). The van der Waals surface area contributed by atoms with Crippen molar-refractivity contribution in [3.05, 3.63) is 162 Å². The number of rotatable bonds is 7. The number of benzene rings is 5. The second kappa shape index (κ2) is 10.6. The van der Waals surface area contributed by atoms with Gasteiger partial charge in [-0.2, -0.15) is 0 Å². The summed E-state index contributed by atoms with van der Waals surface area (Å²) >= 11 is 3.55. The number of hydrogen-bond acceptors (Lipinski definition) is 3. The Morgan fingerprint density at radius 3 is 1.74 bits per heavy atom. The first-order valence-corrected chi connectivity index (χ1v) is 13.6. The van der Waals surface area contributed by atoms with Gasteiger partial charge in [-0.1, -0.05) is 143 Å². The summed E-state index contributed by atoms with van der Waals surface area (Å²) in [6.07, 6.45) is 1.70. The zero-order chi connectivity index (χ0) is 25.8. The first-order chi connectivity index (χ1) is 18.8. The number of aromatic nitrogens is 4. The maximum Gasteiger partial charge on any atom is 0.141 e. The van der Waals surface area contributed by atoms with Gasteiger partial charge >= 0.3 is 0 Å². The largest absolute Gasteiger partial charge is 0.213 e. The molecule has 0 spiro atoms. The molecule has 0 unspecified atom stereocenters. The van der Waals surface area contributed by atoms with Crippen LogP contribution >= 0.6 is 15.9 Å². The molecule has 0 saturated carbocycles. The summed E-state index contributed by atoms with van der Waals surface area (Å²) in [5.74, 6) is 0. The van der Waals surface area contributed by atoms with Gasteiger partial charge in [-0.15, -0.1) is 5.10 Å². The van der Waals surface area contributed by atoms with Gasteiger partial charge in [0.15, 0.2) is 0 Å². The summed E-state index contributed by atoms with van der Waals surface area (Å²) in [5, 5.41) is 13.4. The van der Waals surface area contributed by atoms with Crippen LogP contribution in [0.15, 0.2) is 140 Å². The maximum atomic E-state index is 4.45. The van der Waals surface area contributed by atoms with Crippen LogP contribution in [-0.4, -0.2) is 20.2 Å². The zero-order valence-electron chi connectivity index (χ0n) is 20.7. The fraction of sp³-hybridized carbons (Fsp3) is 0.0606. The Morgan fingerprint density at radius 1 is 0.579 bits per heavy atom. The van der Waals surface area contributed by atoms with Crippen molar-refractivity contribution in [2.24, 2.45) is 0 Å². The Hall–Kier alpha value is -4.35. The lowest BCUT2D eigenvalue weighted by Crippen LogP contribution is -2.38. The molecule has 0 amide bonds. The topological polar surface area (TPSA) is 43.6 Å². The predicted molar refractivity (Wildman–Crippen MR) is 156 cm³/mol. The lowest BCUT2D eigenvalue weighted by Gasteiger charge is -2.35. The summed E-state index contributed by atoms with van der Waals surface area (Å²) in [7, 11) is 0. The molecule has 0 fully saturated rings. The maximum absolute atomic E-state index is 4.45. The van der Waals surface area contributed by atoms with Crippen LogP contribution in [0.3, 0.4) is 0 Å². The Labute approximate surface area is 230 Å². The van der Waals surface area contributed by atoms with E-state index in [4.69, 9.17) is 0 Å². The van der Waals surface area contributed by atoms with Crippen LogP contribution in [0.1, 0.15) is 22.3 Å². The number of nitrogens with zero attached hydrogens (tertiary/aromatic N) is 4. The fourth-order valence-electron chi connectivity index (χ4n) is 5.24. The van der Waals surface area contributed by atoms with Crippen LogP contribution in [0.5, 0.6) is 0 Å². The van der Waals surface area contributed by atoms with Crippen molar-refractivity contribution in [3.8, 4) is 22.3 Å². The minimum Gasteiger partial charge on any atom is -0.213 e. The van der Waals surface area contributed by atoms with Crippen molar-refractivity contribution in [2.75, 3.05) is 0 Å². The molecule has 0 aliphatic carbocycles. The SMILES string of the molecule is BrCc1ccc(-c2ccccc2-c2cccc(C(c3ccccc3)(c3ccccc3)n3cnnn3)c2)cc1. The molecule has 5 aromatic carbocycles. The normalized spacial score (nSPS) is 11.4. The molecular formula is C33H25BrN4. The van der Waals surface area contributed by atoms with Crippen molar-refractivity contribution in [3.63, 3.8) is 0 Å². The fourth-order valence-corrected chi connectivity index (χ4v) is 5.62. The van der Waals surface area contributed by atoms with Crippen LogP contribution in [-0.2, 0) is 10.9 Å². The predicted octanol–water partition coefficient (Wildman–Crippen LogP) is 7.74. The second-order valence-corrected chi connectivity index (χ2v) is 9.71. The summed E-state index contributed by atoms with van der Waals surface area (Å²) in [4.78, 5) is 0. The molecule has 0 bridgehead atoms. The van der Waals surface area contributed by atoms with E-state index in [9.17, 15) is 0 Å². The van der Waals surface area contributed by atoms with Gasteiger partial charge in [0.1, 0.15) is 11.9 Å². The van der Waals surface area contributed by atoms with E-state index in [2.05, 4.69) is 153 Å². The lowest BCUT2D eigenvalue weighted by molar-refractivity contribution is 0.446. The molecule has 0 atom stereocenters.